The minimum Gasteiger partial charge on any atom is -0.411 e. The maximum atomic E-state index is 12.3. The summed E-state index contributed by atoms with van der Waals surface area (Å²) in [6.07, 6.45) is 0.137. The molecule has 6 nitrogen and oxygen atoms in total. The molecule has 1 fully saturated rings. The zero-order chi connectivity index (χ0) is 17.1. The van der Waals surface area contributed by atoms with Crippen LogP contribution in [0.2, 0.25) is 0 Å². The van der Waals surface area contributed by atoms with Gasteiger partial charge in [0.25, 0.3) is 5.22 Å². The summed E-state index contributed by atoms with van der Waals surface area (Å²) in [6, 6.07) is 7.88. The second-order valence-corrected chi connectivity index (χ2v) is 7.01. The van der Waals surface area contributed by atoms with Gasteiger partial charge in [-0.05, 0) is 32.9 Å². The number of hydrogen-bond acceptors (Lipinski definition) is 6. The Balaban J connectivity index is 1.58. The summed E-state index contributed by atoms with van der Waals surface area (Å²) >= 11 is 1.27. The molecule has 1 aliphatic rings. The summed E-state index contributed by atoms with van der Waals surface area (Å²) in [7, 11) is 0. The van der Waals surface area contributed by atoms with Gasteiger partial charge in [0.05, 0.1) is 18.0 Å². The maximum absolute atomic E-state index is 12.3. The molecule has 2 aromatic rings. The minimum atomic E-state index is 0.0669. The molecule has 1 amide bonds. The Morgan fingerprint density at radius 1 is 1.29 bits per heavy atom. The van der Waals surface area contributed by atoms with Crippen molar-refractivity contribution in [2.45, 2.75) is 38.2 Å². The van der Waals surface area contributed by atoms with E-state index in [0.717, 1.165) is 11.1 Å². The molecule has 0 radical (unpaired) electrons. The number of ether oxygens (including phenoxy) is 1. The van der Waals surface area contributed by atoms with E-state index in [0.29, 0.717) is 24.2 Å². The summed E-state index contributed by atoms with van der Waals surface area (Å²) in [5, 5.41) is 8.49. The van der Waals surface area contributed by atoms with Gasteiger partial charge in [-0.1, -0.05) is 29.5 Å². The normalized spacial score (nSPS) is 21.0. The van der Waals surface area contributed by atoms with Crippen LogP contribution in [0, 0.1) is 6.92 Å². The Kier molecular flexibility index (Phi) is 5.20. The molecule has 24 heavy (non-hydrogen) atoms. The van der Waals surface area contributed by atoms with Crippen LogP contribution in [0.4, 0.5) is 0 Å². The van der Waals surface area contributed by atoms with Crippen LogP contribution in [0.3, 0.4) is 0 Å². The molecule has 0 saturated carbocycles. The molecular weight excluding hydrogens is 326 g/mol. The lowest BCUT2D eigenvalue weighted by Gasteiger charge is -2.35. The number of carbonyl (C=O) groups excluding carboxylic acids is 1. The van der Waals surface area contributed by atoms with Gasteiger partial charge >= 0.3 is 0 Å². The van der Waals surface area contributed by atoms with Crippen LogP contribution >= 0.6 is 11.8 Å². The molecule has 7 heteroatoms. The van der Waals surface area contributed by atoms with Gasteiger partial charge in [0.2, 0.25) is 11.8 Å². The molecule has 1 saturated heterocycles. The SMILES string of the molecule is Cc1cccc(-c2nnc(SCC(=O)N3C[C@@H](C)O[C@@H](C)C3)o2)c1. The van der Waals surface area contributed by atoms with Crippen molar-refractivity contribution in [3.05, 3.63) is 29.8 Å². The largest absolute Gasteiger partial charge is 0.411 e. The second-order valence-electron chi connectivity index (χ2n) is 6.09. The van der Waals surface area contributed by atoms with Crippen molar-refractivity contribution in [3.63, 3.8) is 0 Å². The van der Waals surface area contributed by atoms with Crippen LogP contribution in [0.25, 0.3) is 11.5 Å². The van der Waals surface area contributed by atoms with Crippen molar-refractivity contribution in [1.29, 1.82) is 0 Å². The smallest absolute Gasteiger partial charge is 0.277 e. The molecule has 1 aromatic heterocycles. The van der Waals surface area contributed by atoms with Crippen molar-refractivity contribution in [3.8, 4) is 11.5 Å². The first kappa shape index (κ1) is 17.0. The van der Waals surface area contributed by atoms with Crippen molar-refractivity contribution in [1.82, 2.24) is 15.1 Å². The van der Waals surface area contributed by atoms with E-state index in [1.807, 2.05) is 49.9 Å². The van der Waals surface area contributed by atoms with Crippen LogP contribution in [-0.2, 0) is 9.53 Å². The zero-order valence-corrected chi connectivity index (χ0v) is 14.9. The average molecular weight is 347 g/mol. The van der Waals surface area contributed by atoms with E-state index in [9.17, 15) is 4.79 Å². The summed E-state index contributed by atoms with van der Waals surface area (Å²) in [4.78, 5) is 14.2. The number of hydrogen-bond donors (Lipinski definition) is 0. The first-order chi connectivity index (χ1) is 11.5. The highest BCUT2D eigenvalue weighted by Gasteiger charge is 2.26. The van der Waals surface area contributed by atoms with Crippen LogP contribution in [0.1, 0.15) is 19.4 Å². The quantitative estimate of drug-likeness (QED) is 0.792. The summed E-state index contributed by atoms with van der Waals surface area (Å²) in [5.41, 5.74) is 2.02. The zero-order valence-electron chi connectivity index (χ0n) is 14.1. The van der Waals surface area contributed by atoms with Crippen LogP contribution < -0.4 is 0 Å². The maximum Gasteiger partial charge on any atom is 0.277 e. The lowest BCUT2D eigenvalue weighted by molar-refractivity contribution is -0.140. The molecule has 1 aliphatic heterocycles. The van der Waals surface area contributed by atoms with Gasteiger partial charge in [-0.15, -0.1) is 10.2 Å². The molecule has 0 N–H and O–H groups in total. The summed E-state index contributed by atoms with van der Waals surface area (Å²) < 4.78 is 11.3. The van der Waals surface area contributed by atoms with E-state index in [-0.39, 0.29) is 23.9 Å². The van der Waals surface area contributed by atoms with Crippen LogP contribution in [0.5, 0.6) is 0 Å². The molecule has 0 spiro atoms. The lowest BCUT2D eigenvalue weighted by atomic mass is 10.1. The number of aromatic nitrogens is 2. The van der Waals surface area contributed by atoms with E-state index >= 15 is 0 Å². The average Bonchev–Trinajstić information content (AvgIpc) is 3.00. The molecule has 128 valence electrons. The van der Waals surface area contributed by atoms with Gasteiger partial charge in [0.15, 0.2) is 0 Å². The third-order valence-electron chi connectivity index (χ3n) is 3.76. The molecule has 0 unspecified atom stereocenters. The number of nitrogens with zero attached hydrogens (tertiary/aromatic N) is 3. The first-order valence-corrected chi connectivity index (χ1v) is 8.96. The van der Waals surface area contributed by atoms with Crippen LogP contribution in [-0.4, -0.2) is 52.1 Å². The van der Waals surface area contributed by atoms with E-state index < -0.39 is 0 Å². The van der Waals surface area contributed by atoms with E-state index in [1.54, 1.807) is 0 Å². The Morgan fingerprint density at radius 2 is 2.04 bits per heavy atom. The highest BCUT2D eigenvalue weighted by atomic mass is 32.2. The highest BCUT2D eigenvalue weighted by Crippen LogP contribution is 2.24. The van der Waals surface area contributed by atoms with Gasteiger partial charge in [-0.25, -0.2) is 0 Å². The molecule has 2 heterocycles. The molecular formula is C17H21N3O3S. The molecule has 0 aliphatic carbocycles. The first-order valence-electron chi connectivity index (χ1n) is 7.98. The van der Waals surface area contributed by atoms with Gasteiger partial charge in [-0.3, -0.25) is 4.79 Å². The second kappa shape index (κ2) is 7.36. The number of amides is 1. The summed E-state index contributed by atoms with van der Waals surface area (Å²) in [6.45, 7) is 7.23. The Bertz CT molecular complexity index is 709. The third-order valence-corrected chi connectivity index (χ3v) is 4.57. The fourth-order valence-electron chi connectivity index (χ4n) is 2.76. The standard InChI is InChI=1S/C17H21N3O3S/c1-11-5-4-6-14(7-11)16-18-19-17(23-16)24-10-15(21)20-8-12(2)22-13(3)9-20/h4-7,12-13H,8-10H2,1-3H3/t12-,13+. The van der Waals surface area contributed by atoms with Gasteiger partial charge in [0.1, 0.15) is 0 Å². The van der Waals surface area contributed by atoms with Gasteiger partial charge in [-0.2, -0.15) is 0 Å². The Morgan fingerprint density at radius 3 is 2.75 bits per heavy atom. The number of morpholine rings is 1. The van der Waals surface area contributed by atoms with E-state index in [4.69, 9.17) is 9.15 Å². The topological polar surface area (TPSA) is 68.5 Å². The predicted octanol–water partition coefficient (Wildman–Crippen LogP) is 2.77. The Hall–Kier alpha value is -1.86. The van der Waals surface area contributed by atoms with Crippen molar-refractivity contribution in [2.75, 3.05) is 18.8 Å². The van der Waals surface area contributed by atoms with Crippen LogP contribution in [0.15, 0.2) is 33.9 Å². The third kappa shape index (κ3) is 4.15. The van der Waals surface area contributed by atoms with Crippen molar-refractivity contribution < 1.29 is 13.9 Å². The molecule has 0 bridgehead atoms. The molecule has 3 rings (SSSR count). The highest BCUT2D eigenvalue weighted by molar-refractivity contribution is 7.99. The summed E-state index contributed by atoms with van der Waals surface area (Å²) in [5.74, 6) is 0.828. The number of thioether (sulfide) groups is 1. The van der Waals surface area contributed by atoms with Gasteiger partial charge in [0, 0.05) is 18.7 Å². The number of aryl methyl sites for hydroxylation is 1. The number of carbonyl (C=O) groups is 1. The van der Waals surface area contributed by atoms with Crippen molar-refractivity contribution in [2.24, 2.45) is 0 Å². The number of rotatable bonds is 4. The molecule has 1 aromatic carbocycles. The van der Waals surface area contributed by atoms with Crippen molar-refractivity contribution >= 4 is 17.7 Å². The van der Waals surface area contributed by atoms with E-state index in [1.165, 1.54) is 11.8 Å². The monoisotopic (exact) mass is 347 g/mol. The lowest BCUT2D eigenvalue weighted by Crippen LogP contribution is -2.48. The van der Waals surface area contributed by atoms with Gasteiger partial charge < -0.3 is 14.1 Å². The van der Waals surface area contributed by atoms with E-state index in [2.05, 4.69) is 10.2 Å². The number of benzene rings is 1. The predicted molar refractivity (Wildman–Crippen MR) is 91.8 cm³/mol. The fraction of sp³-hybridized carbons (Fsp3) is 0.471. The molecule has 2 atom stereocenters. The minimum absolute atomic E-state index is 0.0669. The Labute approximate surface area is 145 Å². The fourth-order valence-corrected chi connectivity index (χ4v) is 3.43.